The fourth-order valence-electron chi connectivity index (χ4n) is 0.922. The Kier molecular flexibility index (Phi) is 3.95. The van der Waals surface area contributed by atoms with Crippen LogP contribution in [0.2, 0.25) is 0 Å². The zero-order chi connectivity index (χ0) is 10.6. The third-order valence-corrected chi connectivity index (χ3v) is 2.35. The number of aryl methyl sites for hydroxylation is 1. The summed E-state index contributed by atoms with van der Waals surface area (Å²) in [5.41, 5.74) is 0.598. The van der Waals surface area contributed by atoms with Crippen LogP contribution < -0.4 is 5.32 Å². The average Bonchev–Trinajstić information content (AvgIpc) is 2.60. The first-order valence-electron chi connectivity index (χ1n) is 4.39. The highest BCUT2D eigenvalue weighted by Crippen LogP contribution is 2.04. The minimum Gasteiger partial charge on any atom is -0.438 e. The quantitative estimate of drug-likeness (QED) is 0.778. The van der Waals surface area contributed by atoms with Gasteiger partial charge in [0.15, 0.2) is 6.39 Å². The summed E-state index contributed by atoms with van der Waals surface area (Å²) in [6.07, 6.45) is 1.26. The van der Waals surface area contributed by atoms with E-state index < -0.39 is 0 Å². The van der Waals surface area contributed by atoms with Gasteiger partial charge in [0.1, 0.15) is 0 Å². The van der Waals surface area contributed by atoms with Gasteiger partial charge in [0.2, 0.25) is 5.76 Å². The summed E-state index contributed by atoms with van der Waals surface area (Å²) in [5, 5.41) is 2.72. The Morgan fingerprint density at radius 2 is 2.50 bits per heavy atom. The lowest BCUT2D eigenvalue weighted by atomic mass is 10.2. The van der Waals surface area contributed by atoms with Crippen molar-refractivity contribution in [1.29, 1.82) is 0 Å². The molecule has 1 rings (SSSR count). The molecule has 1 heterocycles. The van der Waals surface area contributed by atoms with E-state index in [1.807, 2.05) is 6.92 Å². The van der Waals surface area contributed by atoms with Crippen LogP contribution in [0.5, 0.6) is 0 Å². The minimum absolute atomic E-state index is 0.239. The first-order valence-corrected chi connectivity index (χ1v) is 4.92. The number of amides is 1. The fraction of sp³-hybridized carbons (Fsp3) is 0.556. The molecule has 1 aromatic heterocycles. The van der Waals surface area contributed by atoms with Crippen molar-refractivity contribution in [3.05, 3.63) is 17.8 Å². The van der Waals surface area contributed by atoms with Crippen LogP contribution in [-0.4, -0.2) is 23.3 Å². The molecule has 0 aliphatic carbocycles. The Hall–Kier alpha value is -1.03. The second kappa shape index (κ2) is 5.00. The van der Waals surface area contributed by atoms with Crippen LogP contribution in [0.15, 0.2) is 10.8 Å². The van der Waals surface area contributed by atoms with Crippen molar-refractivity contribution in [3.8, 4) is 0 Å². The van der Waals surface area contributed by atoms with E-state index in [2.05, 4.69) is 10.3 Å². The van der Waals surface area contributed by atoms with E-state index in [1.165, 1.54) is 6.39 Å². The molecule has 4 nitrogen and oxygen atoms in total. The number of rotatable bonds is 4. The molecule has 0 bridgehead atoms. The Morgan fingerprint density at radius 3 is 3.00 bits per heavy atom. The molecular formula is C9H13ClN2O2. The van der Waals surface area contributed by atoms with Gasteiger partial charge in [-0.05, 0) is 12.8 Å². The van der Waals surface area contributed by atoms with Crippen LogP contribution in [0.3, 0.4) is 0 Å². The second-order valence-corrected chi connectivity index (χ2v) is 3.55. The van der Waals surface area contributed by atoms with E-state index in [9.17, 15) is 4.79 Å². The molecule has 1 aromatic rings. The third kappa shape index (κ3) is 2.73. The van der Waals surface area contributed by atoms with Crippen molar-refractivity contribution >= 4 is 17.5 Å². The molecule has 0 aliphatic heterocycles. The smallest absolute Gasteiger partial charge is 0.289 e. The van der Waals surface area contributed by atoms with Crippen LogP contribution in [0, 0.1) is 12.8 Å². The van der Waals surface area contributed by atoms with E-state index in [-0.39, 0.29) is 17.6 Å². The Balaban J connectivity index is 2.47. The van der Waals surface area contributed by atoms with Gasteiger partial charge >= 0.3 is 0 Å². The predicted octanol–water partition coefficient (Wildman–Crippen LogP) is 1.59. The van der Waals surface area contributed by atoms with Gasteiger partial charge in [-0.1, -0.05) is 6.92 Å². The molecule has 0 spiro atoms. The summed E-state index contributed by atoms with van der Waals surface area (Å²) in [6.45, 7) is 4.23. The van der Waals surface area contributed by atoms with Crippen LogP contribution in [0.1, 0.15) is 23.2 Å². The summed E-state index contributed by atoms with van der Waals surface area (Å²) in [4.78, 5) is 15.3. The maximum absolute atomic E-state index is 11.5. The molecule has 1 atom stereocenters. The number of aromatic nitrogens is 1. The van der Waals surface area contributed by atoms with Crippen molar-refractivity contribution in [2.24, 2.45) is 5.92 Å². The number of hydrogen-bond acceptors (Lipinski definition) is 3. The second-order valence-electron chi connectivity index (χ2n) is 3.24. The summed E-state index contributed by atoms with van der Waals surface area (Å²) in [5.74, 6) is 0.808. The zero-order valence-electron chi connectivity index (χ0n) is 8.21. The molecule has 1 unspecified atom stereocenters. The molecule has 1 N–H and O–H groups in total. The van der Waals surface area contributed by atoms with Crippen molar-refractivity contribution in [1.82, 2.24) is 10.3 Å². The minimum atomic E-state index is -0.239. The lowest BCUT2D eigenvalue weighted by molar-refractivity contribution is 0.0920. The number of halogens is 1. The monoisotopic (exact) mass is 216 g/mol. The van der Waals surface area contributed by atoms with Gasteiger partial charge < -0.3 is 9.73 Å². The van der Waals surface area contributed by atoms with Gasteiger partial charge in [-0.25, -0.2) is 4.98 Å². The topological polar surface area (TPSA) is 55.1 Å². The number of oxazole rings is 1. The first-order chi connectivity index (χ1) is 6.65. The lowest BCUT2D eigenvalue weighted by Crippen LogP contribution is -2.29. The molecule has 0 radical (unpaired) electrons. The maximum Gasteiger partial charge on any atom is 0.289 e. The third-order valence-electron chi connectivity index (χ3n) is 1.83. The van der Waals surface area contributed by atoms with Gasteiger partial charge in [0.05, 0.1) is 5.69 Å². The van der Waals surface area contributed by atoms with Crippen LogP contribution >= 0.6 is 11.6 Å². The van der Waals surface area contributed by atoms with Gasteiger partial charge in [-0.15, -0.1) is 11.6 Å². The molecule has 1 amide bonds. The number of carbonyl (C=O) groups excluding carboxylic acids is 1. The molecule has 0 fully saturated rings. The first kappa shape index (κ1) is 11.0. The van der Waals surface area contributed by atoms with E-state index in [0.717, 1.165) is 0 Å². The number of hydrogen-bond donors (Lipinski definition) is 1. The van der Waals surface area contributed by atoms with Gasteiger partial charge in [-0.3, -0.25) is 4.79 Å². The number of nitrogens with zero attached hydrogens (tertiary/aromatic N) is 1. The molecule has 78 valence electrons. The highest BCUT2D eigenvalue weighted by molar-refractivity contribution is 6.18. The molecule has 0 saturated heterocycles. The highest BCUT2D eigenvalue weighted by atomic mass is 35.5. The van der Waals surface area contributed by atoms with Crippen LogP contribution in [0.25, 0.3) is 0 Å². The summed E-state index contributed by atoms with van der Waals surface area (Å²) in [7, 11) is 0. The summed E-state index contributed by atoms with van der Waals surface area (Å²) in [6, 6.07) is 0. The Bertz CT molecular complexity index is 312. The normalized spacial score (nSPS) is 12.5. The summed E-state index contributed by atoms with van der Waals surface area (Å²) >= 11 is 5.60. The van der Waals surface area contributed by atoms with Crippen LogP contribution in [-0.2, 0) is 0 Å². The Labute approximate surface area is 87.6 Å². The summed E-state index contributed by atoms with van der Waals surface area (Å²) < 4.78 is 4.94. The van der Waals surface area contributed by atoms with Crippen LogP contribution in [0.4, 0.5) is 0 Å². The molecule has 0 aromatic carbocycles. The number of alkyl halides is 1. The van der Waals surface area contributed by atoms with Crippen molar-refractivity contribution in [2.75, 3.05) is 12.4 Å². The average molecular weight is 217 g/mol. The molecule has 5 heteroatoms. The van der Waals surface area contributed by atoms with Crippen molar-refractivity contribution < 1.29 is 9.21 Å². The van der Waals surface area contributed by atoms with Gasteiger partial charge in [0, 0.05) is 12.4 Å². The van der Waals surface area contributed by atoms with E-state index in [4.69, 9.17) is 16.0 Å². The zero-order valence-corrected chi connectivity index (χ0v) is 8.97. The van der Waals surface area contributed by atoms with Gasteiger partial charge in [-0.2, -0.15) is 0 Å². The standard InChI is InChI=1S/C9H13ClN2O2/c1-6(3-10)4-11-9(13)8-7(2)12-5-14-8/h5-6H,3-4H2,1-2H3,(H,11,13). The predicted molar refractivity (Wildman–Crippen MR) is 53.5 cm³/mol. The van der Waals surface area contributed by atoms with Crippen molar-refractivity contribution in [3.63, 3.8) is 0 Å². The number of nitrogens with one attached hydrogen (secondary N) is 1. The molecule has 14 heavy (non-hydrogen) atoms. The SMILES string of the molecule is Cc1ncoc1C(=O)NCC(C)CCl. The largest absolute Gasteiger partial charge is 0.438 e. The maximum atomic E-state index is 11.5. The van der Waals surface area contributed by atoms with Gasteiger partial charge in [0.25, 0.3) is 5.91 Å². The highest BCUT2D eigenvalue weighted by Gasteiger charge is 2.13. The lowest BCUT2D eigenvalue weighted by Gasteiger charge is -2.07. The molecular weight excluding hydrogens is 204 g/mol. The molecule has 0 saturated carbocycles. The Morgan fingerprint density at radius 1 is 1.79 bits per heavy atom. The van der Waals surface area contributed by atoms with E-state index >= 15 is 0 Å². The number of carbonyl (C=O) groups is 1. The van der Waals surface area contributed by atoms with Crippen molar-refractivity contribution in [2.45, 2.75) is 13.8 Å². The van der Waals surface area contributed by atoms with E-state index in [1.54, 1.807) is 6.92 Å². The fourth-order valence-corrected chi connectivity index (χ4v) is 1.03. The van der Waals surface area contributed by atoms with E-state index in [0.29, 0.717) is 18.1 Å². The molecule has 0 aliphatic rings.